The van der Waals surface area contributed by atoms with Crippen molar-refractivity contribution in [2.24, 2.45) is 0 Å². The van der Waals surface area contributed by atoms with Crippen LogP contribution in [0, 0.1) is 6.92 Å². The summed E-state index contributed by atoms with van der Waals surface area (Å²) in [7, 11) is 1.64. The molecule has 0 fully saturated rings. The first-order valence-electron chi connectivity index (χ1n) is 9.04. The zero-order valence-corrected chi connectivity index (χ0v) is 16.0. The average Bonchev–Trinajstić information content (AvgIpc) is 2.72. The molecular formula is C21H23N5O2. The second-order valence-corrected chi connectivity index (χ2v) is 6.25. The lowest BCUT2D eigenvalue weighted by molar-refractivity contribution is 0.0949. The third kappa shape index (κ3) is 5.51. The summed E-state index contributed by atoms with van der Waals surface area (Å²) in [5, 5.41) is 6.02. The molecule has 0 atom stereocenters. The van der Waals surface area contributed by atoms with Crippen LogP contribution in [0.25, 0.3) is 0 Å². The number of amides is 1. The van der Waals surface area contributed by atoms with Gasteiger partial charge in [-0.05, 0) is 49.2 Å². The zero-order chi connectivity index (χ0) is 19.8. The quantitative estimate of drug-likeness (QED) is 0.627. The summed E-state index contributed by atoms with van der Waals surface area (Å²) in [5.41, 5.74) is 3.02. The second-order valence-electron chi connectivity index (χ2n) is 6.25. The summed E-state index contributed by atoms with van der Waals surface area (Å²) >= 11 is 0. The van der Waals surface area contributed by atoms with E-state index in [4.69, 9.17) is 4.74 Å². The minimum Gasteiger partial charge on any atom is -0.497 e. The SMILES string of the molecule is COc1cccc(CCNC(=O)c2cc(C)nc(NCc3ccccn3)n2)c1. The van der Waals surface area contributed by atoms with Crippen LogP contribution < -0.4 is 15.4 Å². The van der Waals surface area contributed by atoms with Gasteiger partial charge in [0.15, 0.2) is 0 Å². The molecule has 7 heteroatoms. The minimum absolute atomic E-state index is 0.228. The van der Waals surface area contributed by atoms with Crippen LogP contribution in [0.3, 0.4) is 0 Å². The van der Waals surface area contributed by atoms with E-state index in [2.05, 4.69) is 25.6 Å². The van der Waals surface area contributed by atoms with Crippen molar-refractivity contribution in [3.05, 3.63) is 77.4 Å². The Labute approximate surface area is 164 Å². The number of anilines is 1. The lowest BCUT2D eigenvalue weighted by atomic mass is 10.1. The molecule has 0 aliphatic heterocycles. The van der Waals surface area contributed by atoms with E-state index in [-0.39, 0.29) is 5.91 Å². The smallest absolute Gasteiger partial charge is 0.270 e. The Morgan fingerprint density at radius 2 is 2.00 bits per heavy atom. The maximum absolute atomic E-state index is 12.5. The highest BCUT2D eigenvalue weighted by Gasteiger charge is 2.10. The number of aromatic nitrogens is 3. The van der Waals surface area contributed by atoms with E-state index < -0.39 is 0 Å². The topological polar surface area (TPSA) is 89.0 Å². The Bertz CT molecular complexity index is 931. The fraction of sp³-hybridized carbons (Fsp3) is 0.238. The van der Waals surface area contributed by atoms with E-state index in [1.807, 2.05) is 49.4 Å². The van der Waals surface area contributed by atoms with Gasteiger partial charge >= 0.3 is 0 Å². The highest BCUT2D eigenvalue weighted by atomic mass is 16.5. The Morgan fingerprint density at radius 3 is 2.79 bits per heavy atom. The third-order valence-electron chi connectivity index (χ3n) is 4.07. The van der Waals surface area contributed by atoms with Crippen molar-refractivity contribution in [1.29, 1.82) is 0 Å². The van der Waals surface area contributed by atoms with E-state index in [9.17, 15) is 4.79 Å². The van der Waals surface area contributed by atoms with Gasteiger partial charge in [0.1, 0.15) is 11.4 Å². The van der Waals surface area contributed by atoms with Gasteiger partial charge in [0.25, 0.3) is 5.91 Å². The van der Waals surface area contributed by atoms with Crippen LogP contribution in [0.4, 0.5) is 5.95 Å². The molecule has 7 nitrogen and oxygen atoms in total. The zero-order valence-electron chi connectivity index (χ0n) is 16.0. The van der Waals surface area contributed by atoms with E-state index >= 15 is 0 Å². The first kappa shape index (κ1) is 19.3. The molecule has 28 heavy (non-hydrogen) atoms. The molecule has 0 bridgehead atoms. The second kappa shape index (κ2) is 9.45. The Hall–Kier alpha value is -3.48. The number of carbonyl (C=O) groups excluding carboxylic acids is 1. The summed E-state index contributed by atoms with van der Waals surface area (Å²) in [4.78, 5) is 25.4. The van der Waals surface area contributed by atoms with Gasteiger partial charge in [0, 0.05) is 18.4 Å². The lowest BCUT2D eigenvalue weighted by Gasteiger charge is -2.09. The van der Waals surface area contributed by atoms with Crippen molar-refractivity contribution in [3.63, 3.8) is 0 Å². The molecule has 0 unspecified atom stereocenters. The van der Waals surface area contributed by atoms with Crippen molar-refractivity contribution in [1.82, 2.24) is 20.3 Å². The predicted molar refractivity (Wildman–Crippen MR) is 107 cm³/mol. The number of aryl methyl sites for hydroxylation is 1. The molecule has 3 aromatic rings. The molecule has 2 heterocycles. The number of nitrogens with one attached hydrogen (secondary N) is 2. The summed E-state index contributed by atoms with van der Waals surface area (Å²) in [6.07, 6.45) is 2.44. The molecule has 2 N–H and O–H groups in total. The Morgan fingerprint density at radius 1 is 1.11 bits per heavy atom. The van der Waals surface area contributed by atoms with E-state index in [1.54, 1.807) is 19.4 Å². The number of benzene rings is 1. The highest BCUT2D eigenvalue weighted by molar-refractivity contribution is 5.92. The van der Waals surface area contributed by atoms with Gasteiger partial charge in [0.2, 0.25) is 5.95 Å². The van der Waals surface area contributed by atoms with Crippen LogP contribution >= 0.6 is 0 Å². The standard InChI is InChI=1S/C21H23N5O2/c1-15-12-19(26-21(25-15)24-14-17-7-3-4-10-22-17)20(27)23-11-9-16-6-5-8-18(13-16)28-2/h3-8,10,12-13H,9,11,14H2,1-2H3,(H,23,27)(H,24,25,26). The molecule has 0 radical (unpaired) electrons. The number of carbonyl (C=O) groups is 1. The molecule has 144 valence electrons. The number of hydrogen-bond donors (Lipinski definition) is 2. The number of pyridine rings is 1. The third-order valence-corrected chi connectivity index (χ3v) is 4.07. The molecule has 0 aliphatic rings. The molecule has 0 saturated carbocycles. The van der Waals surface area contributed by atoms with Gasteiger partial charge in [0.05, 0.1) is 19.3 Å². The molecule has 1 aromatic carbocycles. The number of rotatable bonds is 8. The van der Waals surface area contributed by atoms with E-state index in [1.165, 1.54) is 0 Å². The lowest BCUT2D eigenvalue weighted by Crippen LogP contribution is -2.27. The highest BCUT2D eigenvalue weighted by Crippen LogP contribution is 2.12. The molecule has 0 spiro atoms. The average molecular weight is 377 g/mol. The summed E-state index contributed by atoms with van der Waals surface area (Å²) in [6.45, 7) is 2.83. The number of nitrogens with zero attached hydrogens (tertiary/aromatic N) is 3. The fourth-order valence-corrected chi connectivity index (χ4v) is 2.68. The van der Waals surface area contributed by atoms with Gasteiger partial charge in [-0.1, -0.05) is 18.2 Å². The fourth-order valence-electron chi connectivity index (χ4n) is 2.68. The number of methoxy groups -OCH3 is 1. The van der Waals surface area contributed by atoms with Crippen LogP contribution in [0.2, 0.25) is 0 Å². The summed E-state index contributed by atoms with van der Waals surface area (Å²) in [5.74, 6) is 0.983. The van der Waals surface area contributed by atoms with Crippen LogP contribution in [0.15, 0.2) is 54.7 Å². The number of ether oxygens (including phenoxy) is 1. The maximum atomic E-state index is 12.5. The van der Waals surface area contributed by atoms with Gasteiger partial charge in [-0.2, -0.15) is 0 Å². The van der Waals surface area contributed by atoms with Crippen LogP contribution in [-0.2, 0) is 13.0 Å². The van der Waals surface area contributed by atoms with Gasteiger partial charge in [-0.25, -0.2) is 9.97 Å². The first-order chi connectivity index (χ1) is 13.6. The summed E-state index contributed by atoms with van der Waals surface area (Å²) < 4.78 is 5.22. The van der Waals surface area contributed by atoms with Crippen molar-refractivity contribution < 1.29 is 9.53 Å². The van der Waals surface area contributed by atoms with Crippen LogP contribution in [-0.4, -0.2) is 34.5 Å². The van der Waals surface area contributed by atoms with Gasteiger partial charge < -0.3 is 15.4 Å². The maximum Gasteiger partial charge on any atom is 0.270 e. The monoisotopic (exact) mass is 377 g/mol. The molecular weight excluding hydrogens is 354 g/mol. The summed E-state index contributed by atoms with van der Waals surface area (Å²) in [6, 6.07) is 15.2. The molecule has 2 aromatic heterocycles. The van der Waals surface area contributed by atoms with Crippen LogP contribution in [0.5, 0.6) is 5.75 Å². The van der Waals surface area contributed by atoms with Gasteiger partial charge in [-0.15, -0.1) is 0 Å². The predicted octanol–water partition coefficient (Wildman–Crippen LogP) is 2.77. The number of hydrogen-bond acceptors (Lipinski definition) is 6. The van der Waals surface area contributed by atoms with Crippen molar-refractivity contribution in [2.45, 2.75) is 19.9 Å². The van der Waals surface area contributed by atoms with Crippen molar-refractivity contribution >= 4 is 11.9 Å². The van der Waals surface area contributed by atoms with Crippen molar-refractivity contribution in [3.8, 4) is 5.75 Å². The van der Waals surface area contributed by atoms with Crippen LogP contribution in [0.1, 0.15) is 27.4 Å². The first-order valence-corrected chi connectivity index (χ1v) is 9.04. The van der Waals surface area contributed by atoms with Crippen molar-refractivity contribution in [2.75, 3.05) is 19.0 Å². The Balaban J connectivity index is 1.57. The van der Waals surface area contributed by atoms with E-state index in [0.717, 1.165) is 22.7 Å². The molecule has 0 aliphatic carbocycles. The molecule has 0 saturated heterocycles. The molecule has 1 amide bonds. The largest absolute Gasteiger partial charge is 0.497 e. The normalized spacial score (nSPS) is 10.4. The van der Waals surface area contributed by atoms with E-state index in [0.29, 0.717) is 31.2 Å². The molecule has 3 rings (SSSR count). The Kier molecular flexibility index (Phi) is 6.51. The van der Waals surface area contributed by atoms with Gasteiger partial charge in [-0.3, -0.25) is 9.78 Å². The minimum atomic E-state index is -0.228.